The number of carbonyl (C=O) groups is 1. The van der Waals surface area contributed by atoms with Gasteiger partial charge in [0.15, 0.2) is 10.8 Å². The first kappa shape index (κ1) is 16.5. The molecule has 0 aliphatic heterocycles. The zero-order chi connectivity index (χ0) is 18.1. The van der Waals surface area contributed by atoms with E-state index in [-0.39, 0.29) is 18.1 Å². The molecule has 0 N–H and O–H groups in total. The van der Waals surface area contributed by atoms with Crippen molar-refractivity contribution in [2.75, 3.05) is 4.90 Å². The number of aromatic nitrogens is 2. The summed E-state index contributed by atoms with van der Waals surface area (Å²) in [5.74, 6) is 0.993. The number of thiazole rings is 1. The van der Waals surface area contributed by atoms with Crippen LogP contribution >= 0.6 is 11.3 Å². The van der Waals surface area contributed by atoms with Gasteiger partial charge < -0.3 is 8.94 Å². The number of amides is 1. The Morgan fingerprint density at radius 2 is 2.15 bits per heavy atom. The lowest BCUT2D eigenvalue weighted by molar-refractivity contribution is 0.0974. The van der Waals surface area contributed by atoms with E-state index in [9.17, 15) is 4.79 Å². The fourth-order valence-corrected chi connectivity index (χ4v) is 3.80. The van der Waals surface area contributed by atoms with E-state index in [2.05, 4.69) is 18.1 Å². The van der Waals surface area contributed by atoms with E-state index in [0.29, 0.717) is 16.7 Å². The predicted octanol–water partition coefficient (Wildman–Crippen LogP) is 4.60. The van der Waals surface area contributed by atoms with Gasteiger partial charge in [-0.1, -0.05) is 35.5 Å². The molecule has 132 valence electrons. The second-order valence-corrected chi connectivity index (χ2v) is 6.92. The Morgan fingerprint density at radius 3 is 2.85 bits per heavy atom. The van der Waals surface area contributed by atoms with E-state index in [1.807, 2.05) is 18.2 Å². The number of aryl methyl sites for hydroxylation is 2. The van der Waals surface area contributed by atoms with Crippen LogP contribution < -0.4 is 4.90 Å². The second kappa shape index (κ2) is 6.76. The number of hydrogen-bond donors (Lipinski definition) is 0. The van der Waals surface area contributed by atoms with E-state index in [1.165, 1.54) is 11.3 Å². The highest BCUT2D eigenvalue weighted by Gasteiger charge is 2.25. The van der Waals surface area contributed by atoms with E-state index in [4.69, 9.17) is 13.9 Å². The molecule has 4 rings (SSSR count). The minimum atomic E-state index is -0.268. The molecule has 6 nitrogen and oxygen atoms in total. The number of carbonyl (C=O) groups excluding carboxylic acids is 1. The Hall–Kier alpha value is -2.93. The van der Waals surface area contributed by atoms with Gasteiger partial charge in [0.2, 0.25) is 0 Å². The van der Waals surface area contributed by atoms with Crippen molar-refractivity contribution in [3.05, 3.63) is 65.4 Å². The smallest absolute Gasteiger partial charge is 0.282 e. The van der Waals surface area contributed by atoms with Crippen molar-refractivity contribution >= 4 is 32.6 Å². The molecule has 1 amide bonds. The van der Waals surface area contributed by atoms with Crippen LogP contribution in [0.25, 0.3) is 10.2 Å². The molecule has 4 aromatic rings. The van der Waals surface area contributed by atoms with Crippen molar-refractivity contribution in [3.8, 4) is 0 Å². The zero-order valence-electron chi connectivity index (χ0n) is 14.4. The van der Waals surface area contributed by atoms with Crippen molar-refractivity contribution in [3.63, 3.8) is 0 Å². The molecule has 0 aliphatic rings. The van der Waals surface area contributed by atoms with E-state index < -0.39 is 0 Å². The first-order chi connectivity index (χ1) is 12.7. The van der Waals surface area contributed by atoms with Crippen LogP contribution in [0.5, 0.6) is 0 Å². The quantitative estimate of drug-likeness (QED) is 0.516. The minimum absolute atomic E-state index is 0.254. The standard InChI is InChI=1S/C19H17N3O3S/c1-3-13-6-4-8-16-17(13)20-19(26-16)22(11-14-7-5-9-24-14)18(23)15-10-12(2)25-21-15/h4-10H,3,11H2,1-2H3. The van der Waals surface area contributed by atoms with Gasteiger partial charge in [-0.05, 0) is 37.1 Å². The van der Waals surface area contributed by atoms with Crippen LogP contribution in [0, 0.1) is 6.92 Å². The lowest BCUT2D eigenvalue weighted by atomic mass is 10.1. The van der Waals surface area contributed by atoms with Crippen LogP contribution in [-0.4, -0.2) is 16.0 Å². The minimum Gasteiger partial charge on any atom is -0.467 e. The third-order valence-corrected chi connectivity index (χ3v) is 5.13. The highest BCUT2D eigenvalue weighted by molar-refractivity contribution is 7.22. The average Bonchev–Trinajstić information content (AvgIpc) is 3.38. The summed E-state index contributed by atoms with van der Waals surface area (Å²) in [4.78, 5) is 19.4. The number of benzene rings is 1. The SMILES string of the molecule is CCc1cccc2sc(N(Cc3ccco3)C(=O)c3cc(C)on3)nc12. The van der Waals surface area contributed by atoms with Gasteiger partial charge in [-0.3, -0.25) is 9.69 Å². The van der Waals surface area contributed by atoms with Crippen molar-refractivity contribution in [1.82, 2.24) is 10.1 Å². The van der Waals surface area contributed by atoms with Gasteiger partial charge in [0, 0.05) is 6.07 Å². The van der Waals surface area contributed by atoms with Gasteiger partial charge in [0.25, 0.3) is 5.91 Å². The molecule has 0 fully saturated rings. The van der Waals surface area contributed by atoms with Crippen molar-refractivity contribution in [2.24, 2.45) is 0 Å². The Kier molecular flexibility index (Phi) is 4.30. The molecule has 0 bridgehead atoms. The highest BCUT2D eigenvalue weighted by Crippen LogP contribution is 2.32. The molecule has 0 atom stereocenters. The van der Waals surface area contributed by atoms with Crippen LogP contribution in [0.15, 0.2) is 51.6 Å². The van der Waals surface area contributed by atoms with Crippen LogP contribution in [0.2, 0.25) is 0 Å². The molecule has 3 heterocycles. The van der Waals surface area contributed by atoms with Gasteiger partial charge >= 0.3 is 0 Å². The summed E-state index contributed by atoms with van der Waals surface area (Å²) in [6.45, 7) is 4.13. The molecule has 0 saturated carbocycles. The maximum atomic E-state index is 13.0. The second-order valence-electron chi connectivity index (χ2n) is 5.91. The number of fused-ring (bicyclic) bond motifs is 1. The number of nitrogens with zero attached hydrogens (tertiary/aromatic N) is 3. The molecule has 0 radical (unpaired) electrons. The van der Waals surface area contributed by atoms with Crippen LogP contribution in [0.3, 0.4) is 0 Å². The Labute approximate surface area is 154 Å². The molecule has 26 heavy (non-hydrogen) atoms. The molecular weight excluding hydrogens is 350 g/mol. The average molecular weight is 367 g/mol. The van der Waals surface area contributed by atoms with E-state index in [1.54, 1.807) is 30.2 Å². The van der Waals surface area contributed by atoms with E-state index in [0.717, 1.165) is 22.2 Å². The van der Waals surface area contributed by atoms with Crippen molar-refractivity contribution in [2.45, 2.75) is 26.8 Å². The molecular formula is C19H17N3O3S. The zero-order valence-corrected chi connectivity index (χ0v) is 15.2. The molecule has 0 aliphatic carbocycles. The van der Waals surface area contributed by atoms with Gasteiger partial charge in [-0.2, -0.15) is 0 Å². The molecule has 3 aromatic heterocycles. The monoisotopic (exact) mass is 367 g/mol. The first-order valence-electron chi connectivity index (χ1n) is 8.31. The Bertz CT molecular complexity index is 1050. The number of anilines is 1. The van der Waals surface area contributed by atoms with Gasteiger partial charge in [0.1, 0.15) is 11.5 Å². The summed E-state index contributed by atoms with van der Waals surface area (Å²) in [6, 6.07) is 11.4. The van der Waals surface area contributed by atoms with Crippen LogP contribution in [0.1, 0.15) is 34.5 Å². The molecule has 0 unspecified atom stereocenters. The molecule has 0 saturated heterocycles. The number of furan rings is 1. The molecule has 1 aromatic carbocycles. The van der Waals surface area contributed by atoms with Crippen molar-refractivity contribution < 1.29 is 13.7 Å². The van der Waals surface area contributed by atoms with Gasteiger partial charge in [-0.15, -0.1) is 0 Å². The summed E-state index contributed by atoms with van der Waals surface area (Å²) in [7, 11) is 0. The first-order valence-corrected chi connectivity index (χ1v) is 9.13. The van der Waals surface area contributed by atoms with E-state index >= 15 is 0 Å². The third-order valence-electron chi connectivity index (χ3n) is 4.09. The number of rotatable bonds is 5. The fraction of sp³-hybridized carbons (Fsp3) is 0.211. The molecule has 7 heteroatoms. The Balaban J connectivity index is 1.78. The third kappa shape index (κ3) is 3.01. The summed E-state index contributed by atoms with van der Waals surface area (Å²) in [5, 5.41) is 4.47. The summed E-state index contributed by atoms with van der Waals surface area (Å²) < 4.78 is 11.5. The largest absolute Gasteiger partial charge is 0.467 e. The number of hydrogen-bond acceptors (Lipinski definition) is 6. The Morgan fingerprint density at radius 1 is 1.27 bits per heavy atom. The lowest BCUT2D eigenvalue weighted by Gasteiger charge is -2.17. The number of para-hydroxylation sites is 1. The normalized spacial score (nSPS) is 11.2. The summed E-state index contributed by atoms with van der Waals surface area (Å²) in [6.07, 6.45) is 2.47. The molecule has 0 spiro atoms. The van der Waals surface area contributed by atoms with Gasteiger partial charge in [-0.25, -0.2) is 4.98 Å². The highest BCUT2D eigenvalue weighted by atomic mass is 32.1. The van der Waals surface area contributed by atoms with Gasteiger partial charge in [0.05, 0.1) is 23.0 Å². The lowest BCUT2D eigenvalue weighted by Crippen LogP contribution is -2.30. The van der Waals surface area contributed by atoms with Crippen LogP contribution in [-0.2, 0) is 13.0 Å². The maximum absolute atomic E-state index is 13.0. The topological polar surface area (TPSA) is 72.4 Å². The fourth-order valence-electron chi connectivity index (χ4n) is 2.78. The van der Waals surface area contributed by atoms with Crippen LogP contribution in [0.4, 0.5) is 5.13 Å². The predicted molar refractivity (Wildman–Crippen MR) is 99.5 cm³/mol. The summed E-state index contributed by atoms with van der Waals surface area (Å²) in [5.41, 5.74) is 2.35. The van der Waals surface area contributed by atoms with Crippen molar-refractivity contribution in [1.29, 1.82) is 0 Å². The maximum Gasteiger partial charge on any atom is 0.282 e. The summed E-state index contributed by atoms with van der Waals surface area (Å²) >= 11 is 1.48.